The van der Waals surface area contributed by atoms with Gasteiger partial charge in [0.25, 0.3) is 0 Å². The Labute approximate surface area is 149 Å². The molecule has 0 amide bonds. The zero-order valence-corrected chi connectivity index (χ0v) is 15.8. The van der Waals surface area contributed by atoms with Crippen LogP contribution in [-0.2, 0) is 4.79 Å². The number of unbranched alkanes of at least 4 members (excludes halogenated alkanes) is 1. The number of hydrogen-bond donors (Lipinski definition) is 0. The molecule has 0 spiro atoms. The molecule has 0 aliphatic heterocycles. The number of carbonyl (C=O) groups is 1. The number of carbonyl (C=O) groups excluding carboxylic acids is 1. The van der Waals surface area contributed by atoms with Crippen LogP contribution >= 0.6 is 0 Å². The van der Waals surface area contributed by atoms with E-state index in [1.165, 1.54) is 25.7 Å². The van der Waals surface area contributed by atoms with Gasteiger partial charge in [0, 0.05) is 6.42 Å². The summed E-state index contributed by atoms with van der Waals surface area (Å²) in [5.74, 6) is 1.88. The largest absolute Gasteiger partial charge is 0.300 e. The molecule has 1 heteroatoms. The Kier molecular flexibility index (Phi) is 12.1. The predicted molar refractivity (Wildman–Crippen MR) is 106 cm³/mol. The fourth-order valence-corrected chi connectivity index (χ4v) is 3.33. The van der Waals surface area contributed by atoms with Crippen LogP contribution in [-0.4, -0.2) is 5.78 Å². The SMILES string of the molecule is CC/C=C\C/C=C\C/C=C\C[C@H]1CCC[C@H]1/C=C/CCCC(C)=O. The lowest BCUT2D eigenvalue weighted by Crippen LogP contribution is -2.03. The Bertz CT molecular complexity index is 439. The summed E-state index contributed by atoms with van der Waals surface area (Å²) >= 11 is 0. The van der Waals surface area contributed by atoms with Gasteiger partial charge in [-0.3, -0.25) is 0 Å². The van der Waals surface area contributed by atoms with Gasteiger partial charge in [0.15, 0.2) is 0 Å². The van der Waals surface area contributed by atoms with E-state index in [0.717, 1.165) is 50.4 Å². The van der Waals surface area contributed by atoms with Crippen LogP contribution in [0.1, 0.15) is 78.1 Å². The third-order valence-corrected chi connectivity index (χ3v) is 4.72. The van der Waals surface area contributed by atoms with Crippen molar-refractivity contribution in [3.8, 4) is 0 Å². The van der Waals surface area contributed by atoms with E-state index < -0.39 is 0 Å². The second-order valence-electron chi connectivity index (χ2n) is 6.91. The Morgan fingerprint density at radius 1 is 0.958 bits per heavy atom. The lowest BCUT2D eigenvalue weighted by molar-refractivity contribution is -0.117. The number of hydrogen-bond acceptors (Lipinski definition) is 1. The van der Waals surface area contributed by atoms with Gasteiger partial charge < -0.3 is 4.79 Å². The maximum absolute atomic E-state index is 10.9. The molecule has 0 saturated heterocycles. The van der Waals surface area contributed by atoms with Gasteiger partial charge >= 0.3 is 0 Å². The second-order valence-corrected chi connectivity index (χ2v) is 6.91. The fourth-order valence-electron chi connectivity index (χ4n) is 3.33. The van der Waals surface area contributed by atoms with Crippen molar-refractivity contribution in [3.05, 3.63) is 48.6 Å². The van der Waals surface area contributed by atoms with E-state index in [2.05, 4.69) is 55.5 Å². The van der Waals surface area contributed by atoms with Crippen molar-refractivity contribution in [2.75, 3.05) is 0 Å². The highest BCUT2D eigenvalue weighted by molar-refractivity contribution is 5.75. The van der Waals surface area contributed by atoms with Crippen LogP contribution in [0.3, 0.4) is 0 Å². The molecule has 1 saturated carbocycles. The van der Waals surface area contributed by atoms with Crippen LogP contribution in [0.2, 0.25) is 0 Å². The van der Waals surface area contributed by atoms with Crippen molar-refractivity contribution in [1.82, 2.24) is 0 Å². The van der Waals surface area contributed by atoms with Crippen LogP contribution in [0.25, 0.3) is 0 Å². The maximum atomic E-state index is 10.9. The van der Waals surface area contributed by atoms with Crippen molar-refractivity contribution in [2.24, 2.45) is 11.8 Å². The molecular weight excluding hydrogens is 292 g/mol. The third-order valence-electron chi connectivity index (χ3n) is 4.72. The predicted octanol–water partition coefficient (Wildman–Crippen LogP) is 6.97. The molecule has 0 radical (unpaired) electrons. The fraction of sp³-hybridized carbons (Fsp3) is 0.609. The number of rotatable bonds is 12. The molecule has 0 N–H and O–H groups in total. The Morgan fingerprint density at radius 2 is 1.67 bits per heavy atom. The molecule has 1 rings (SSSR count). The van der Waals surface area contributed by atoms with Crippen LogP contribution in [0.5, 0.6) is 0 Å². The van der Waals surface area contributed by atoms with Gasteiger partial charge in [-0.05, 0) is 70.1 Å². The molecule has 0 heterocycles. The second kappa shape index (κ2) is 14.0. The van der Waals surface area contributed by atoms with Crippen LogP contribution < -0.4 is 0 Å². The van der Waals surface area contributed by atoms with Gasteiger partial charge in [0.05, 0.1) is 0 Å². The van der Waals surface area contributed by atoms with E-state index in [9.17, 15) is 4.79 Å². The smallest absolute Gasteiger partial charge is 0.129 e. The zero-order valence-electron chi connectivity index (χ0n) is 15.8. The molecule has 24 heavy (non-hydrogen) atoms. The van der Waals surface area contributed by atoms with Gasteiger partial charge in [-0.1, -0.05) is 62.0 Å². The number of ketones is 1. The summed E-state index contributed by atoms with van der Waals surface area (Å²) in [5.41, 5.74) is 0. The normalized spacial score (nSPS) is 21.9. The molecule has 134 valence electrons. The molecular formula is C23H36O. The molecule has 0 aromatic carbocycles. The molecule has 1 aliphatic carbocycles. The molecule has 0 unspecified atom stereocenters. The lowest BCUT2D eigenvalue weighted by atomic mass is 9.92. The summed E-state index contributed by atoms with van der Waals surface area (Å²) in [4.78, 5) is 10.9. The van der Waals surface area contributed by atoms with Crippen molar-refractivity contribution in [2.45, 2.75) is 78.1 Å². The summed E-state index contributed by atoms with van der Waals surface area (Å²) in [6, 6.07) is 0. The minimum absolute atomic E-state index is 0.308. The molecule has 0 aromatic rings. The van der Waals surface area contributed by atoms with Gasteiger partial charge in [-0.2, -0.15) is 0 Å². The van der Waals surface area contributed by atoms with Crippen molar-refractivity contribution in [1.29, 1.82) is 0 Å². The zero-order chi connectivity index (χ0) is 17.5. The van der Waals surface area contributed by atoms with Crippen LogP contribution in [0, 0.1) is 11.8 Å². The summed E-state index contributed by atoms with van der Waals surface area (Å²) in [7, 11) is 0. The van der Waals surface area contributed by atoms with Gasteiger partial charge in [-0.25, -0.2) is 0 Å². The molecule has 1 aliphatic rings. The van der Waals surface area contributed by atoms with Gasteiger partial charge in [-0.15, -0.1) is 0 Å². The number of allylic oxidation sites excluding steroid dienone is 8. The Morgan fingerprint density at radius 3 is 2.38 bits per heavy atom. The molecule has 1 nitrogen and oxygen atoms in total. The van der Waals surface area contributed by atoms with E-state index >= 15 is 0 Å². The molecule has 0 aromatic heterocycles. The van der Waals surface area contributed by atoms with E-state index in [1.54, 1.807) is 6.92 Å². The van der Waals surface area contributed by atoms with Crippen molar-refractivity contribution >= 4 is 5.78 Å². The van der Waals surface area contributed by atoms with Crippen LogP contribution in [0.4, 0.5) is 0 Å². The minimum atomic E-state index is 0.308. The first-order valence-electron chi connectivity index (χ1n) is 9.85. The standard InChI is InChI=1S/C23H36O/c1-3-4-5-6-7-8-9-10-13-17-22-19-15-20-23(22)18-14-11-12-16-21(2)24/h4-5,7-8,10,13-14,18,22-23H,3,6,9,11-12,15-17,19-20H2,1-2H3/b5-4-,8-7-,13-10-,18-14+/t22-,23+/m0/s1. The topological polar surface area (TPSA) is 17.1 Å². The third kappa shape index (κ3) is 10.4. The van der Waals surface area contributed by atoms with Crippen LogP contribution in [0.15, 0.2) is 48.6 Å². The van der Waals surface area contributed by atoms with E-state index in [0.29, 0.717) is 5.78 Å². The van der Waals surface area contributed by atoms with E-state index in [-0.39, 0.29) is 0 Å². The maximum Gasteiger partial charge on any atom is 0.129 e. The highest BCUT2D eigenvalue weighted by Gasteiger charge is 2.23. The minimum Gasteiger partial charge on any atom is -0.300 e. The lowest BCUT2D eigenvalue weighted by Gasteiger charge is -2.13. The van der Waals surface area contributed by atoms with Gasteiger partial charge in [0.2, 0.25) is 0 Å². The first-order chi connectivity index (χ1) is 11.7. The van der Waals surface area contributed by atoms with E-state index in [1.807, 2.05) is 0 Å². The van der Waals surface area contributed by atoms with Crippen molar-refractivity contribution < 1.29 is 4.79 Å². The average Bonchev–Trinajstić information content (AvgIpc) is 3.00. The summed E-state index contributed by atoms with van der Waals surface area (Å²) in [6.07, 6.45) is 29.7. The molecule has 0 bridgehead atoms. The number of Topliss-reactive ketones (excluding diaryl/α,β-unsaturated/α-hetero) is 1. The van der Waals surface area contributed by atoms with Gasteiger partial charge in [0.1, 0.15) is 5.78 Å². The van der Waals surface area contributed by atoms with E-state index in [4.69, 9.17) is 0 Å². The first kappa shape index (κ1) is 20.7. The van der Waals surface area contributed by atoms with Crippen molar-refractivity contribution in [3.63, 3.8) is 0 Å². The Balaban J connectivity index is 2.18. The first-order valence-corrected chi connectivity index (χ1v) is 9.85. The summed E-state index contributed by atoms with van der Waals surface area (Å²) < 4.78 is 0. The Hall–Kier alpha value is -1.37. The summed E-state index contributed by atoms with van der Waals surface area (Å²) in [6.45, 7) is 3.85. The highest BCUT2D eigenvalue weighted by atomic mass is 16.1. The highest BCUT2D eigenvalue weighted by Crippen LogP contribution is 2.35. The average molecular weight is 329 g/mol. The monoisotopic (exact) mass is 328 g/mol. The molecule has 1 fully saturated rings. The summed E-state index contributed by atoms with van der Waals surface area (Å²) in [5, 5.41) is 0. The quantitative estimate of drug-likeness (QED) is 0.279. The molecule has 2 atom stereocenters.